The minimum Gasteiger partial charge on any atom is -0.506 e. The van der Waals surface area contributed by atoms with Crippen molar-refractivity contribution >= 4 is 11.4 Å². The van der Waals surface area contributed by atoms with Crippen LogP contribution in [0.15, 0.2) is 36.7 Å². The van der Waals surface area contributed by atoms with E-state index < -0.39 is 0 Å². The number of rotatable bonds is 0. The van der Waals surface area contributed by atoms with E-state index in [9.17, 15) is 5.11 Å². The standard InChI is InChI=1S/C9H8N2O/c1-6-5-8(12)9-7(11-6)3-2-4-10-9/h2-5,11-12H,1H2. The molecule has 0 saturated carbocycles. The second-order valence-electron chi connectivity index (χ2n) is 2.58. The Labute approximate surface area is 70.1 Å². The van der Waals surface area contributed by atoms with Gasteiger partial charge in [-0.3, -0.25) is 4.98 Å². The zero-order valence-electron chi connectivity index (χ0n) is 6.41. The van der Waals surface area contributed by atoms with Gasteiger partial charge >= 0.3 is 0 Å². The van der Waals surface area contributed by atoms with Crippen LogP contribution in [0.25, 0.3) is 5.76 Å². The molecule has 0 radical (unpaired) electrons. The summed E-state index contributed by atoms with van der Waals surface area (Å²) in [6.45, 7) is 3.69. The van der Waals surface area contributed by atoms with Crippen LogP contribution in [0.2, 0.25) is 0 Å². The summed E-state index contributed by atoms with van der Waals surface area (Å²) in [5, 5.41) is 12.4. The molecule has 3 nitrogen and oxygen atoms in total. The highest BCUT2D eigenvalue weighted by molar-refractivity contribution is 5.76. The maximum Gasteiger partial charge on any atom is 0.145 e. The van der Waals surface area contributed by atoms with Gasteiger partial charge in [0.2, 0.25) is 0 Å². The van der Waals surface area contributed by atoms with E-state index in [0.29, 0.717) is 11.4 Å². The number of hydrogen-bond donors (Lipinski definition) is 2. The van der Waals surface area contributed by atoms with Crippen LogP contribution in [0.1, 0.15) is 5.69 Å². The predicted molar refractivity (Wildman–Crippen MR) is 47.6 cm³/mol. The van der Waals surface area contributed by atoms with Crippen molar-refractivity contribution in [1.82, 2.24) is 4.98 Å². The van der Waals surface area contributed by atoms with Gasteiger partial charge in [-0.25, -0.2) is 0 Å². The van der Waals surface area contributed by atoms with Gasteiger partial charge in [0.05, 0.1) is 5.69 Å². The molecule has 0 spiro atoms. The number of nitrogens with one attached hydrogen (secondary N) is 1. The molecule has 1 aliphatic rings. The Kier molecular flexibility index (Phi) is 1.37. The fourth-order valence-electron chi connectivity index (χ4n) is 1.15. The molecular weight excluding hydrogens is 152 g/mol. The average molecular weight is 160 g/mol. The smallest absolute Gasteiger partial charge is 0.145 e. The summed E-state index contributed by atoms with van der Waals surface area (Å²) in [4.78, 5) is 4.01. The lowest BCUT2D eigenvalue weighted by molar-refractivity contribution is 0.507. The third-order valence-corrected chi connectivity index (χ3v) is 1.66. The summed E-state index contributed by atoms with van der Waals surface area (Å²) in [5.74, 6) is 0.161. The Morgan fingerprint density at radius 2 is 2.33 bits per heavy atom. The van der Waals surface area contributed by atoms with E-state index in [1.165, 1.54) is 0 Å². The molecular formula is C9H8N2O. The van der Waals surface area contributed by atoms with Crippen LogP contribution in [0.5, 0.6) is 0 Å². The first kappa shape index (κ1) is 6.91. The van der Waals surface area contributed by atoms with Gasteiger partial charge in [-0.05, 0) is 12.1 Å². The molecule has 0 saturated heterocycles. The summed E-state index contributed by atoms with van der Waals surface area (Å²) in [6.07, 6.45) is 3.19. The number of hydrogen-bond acceptors (Lipinski definition) is 3. The van der Waals surface area contributed by atoms with Crippen LogP contribution >= 0.6 is 0 Å². The molecule has 0 atom stereocenters. The van der Waals surface area contributed by atoms with E-state index in [4.69, 9.17) is 0 Å². The molecule has 1 aromatic heterocycles. The van der Waals surface area contributed by atoms with Gasteiger partial charge in [0.15, 0.2) is 0 Å². The second-order valence-corrected chi connectivity index (χ2v) is 2.58. The van der Waals surface area contributed by atoms with Crippen molar-refractivity contribution < 1.29 is 5.11 Å². The molecule has 0 amide bonds. The lowest BCUT2D eigenvalue weighted by atomic mass is 10.2. The number of aliphatic hydroxyl groups excluding tert-OH is 1. The Bertz CT molecular complexity index is 369. The molecule has 2 N–H and O–H groups in total. The van der Waals surface area contributed by atoms with E-state index >= 15 is 0 Å². The van der Waals surface area contributed by atoms with Gasteiger partial charge < -0.3 is 10.4 Å². The predicted octanol–water partition coefficient (Wildman–Crippen LogP) is 1.92. The molecule has 1 aromatic rings. The molecule has 0 aromatic carbocycles. The normalized spacial score (nSPS) is 14.7. The Morgan fingerprint density at radius 3 is 3.17 bits per heavy atom. The van der Waals surface area contributed by atoms with Gasteiger partial charge in [-0.1, -0.05) is 6.58 Å². The average Bonchev–Trinajstić information content (AvgIpc) is 2.04. The first-order valence-corrected chi connectivity index (χ1v) is 3.59. The van der Waals surface area contributed by atoms with Crippen LogP contribution in [-0.4, -0.2) is 10.1 Å². The van der Waals surface area contributed by atoms with Crippen molar-refractivity contribution in [3.63, 3.8) is 0 Å². The third kappa shape index (κ3) is 0.955. The monoisotopic (exact) mass is 160 g/mol. The SMILES string of the molecule is C=C1C=C(O)c2ncccc2N1. The molecule has 2 heterocycles. The fraction of sp³-hybridized carbons (Fsp3) is 0. The summed E-state index contributed by atoms with van der Waals surface area (Å²) in [6, 6.07) is 3.65. The minimum absolute atomic E-state index is 0.161. The first-order valence-electron chi connectivity index (χ1n) is 3.59. The molecule has 0 bridgehead atoms. The first-order chi connectivity index (χ1) is 5.77. The Hall–Kier alpha value is -1.77. The van der Waals surface area contributed by atoms with Crippen molar-refractivity contribution in [2.24, 2.45) is 0 Å². The quantitative estimate of drug-likeness (QED) is 0.609. The van der Waals surface area contributed by atoms with E-state index in [2.05, 4.69) is 16.9 Å². The molecule has 1 aliphatic heterocycles. The van der Waals surface area contributed by atoms with Crippen LogP contribution in [0.3, 0.4) is 0 Å². The highest BCUT2D eigenvalue weighted by atomic mass is 16.3. The summed E-state index contributed by atoms with van der Waals surface area (Å²) in [5.41, 5.74) is 2.04. The van der Waals surface area contributed by atoms with E-state index in [0.717, 1.165) is 5.69 Å². The molecule has 3 heteroatoms. The lowest BCUT2D eigenvalue weighted by Gasteiger charge is -2.15. The number of fused-ring (bicyclic) bond motifs is 1. The van der Waals surface area contributed by atoms with Crippen LogP contribution in [-0.2, 0) is 0 Å². The highest BCUT2D eigenvalue weighted by Gasteiger charge is 2.12. The van der Waals surface area contributed by atoms with Crippen LogP contribution < -0.4 is 5.32 Å². The molecule has 12 heavy (non-hydrogen) atoms. The third-order valence-electron chi connectivity index (χ3n) is 1.66. The summed E-state index contributed by atoms with van der Waals surface area (Å²) < 4.78 is 0. The number of anilines is 1. The lowest BCUT2D eigenvalue weighted by Crippen LogP contribution is -2.06. The molecule has 0 fully saturated rings. The number of nitrogens with zero attached hydrogens (tertiary/aromatic N) is 1. The van der Waals surface area contributed by atoms with E-state index in [1.807, 2.05) is 6.07 Å². The van der Waals surface area contributed by atoms with Gasteiger partial charge in [-0.15, -0.1) is 0 Å². The van der Waals surface area contributed by atoms with Crippen molar-refractivity contribution in [2.45, 2.75) is 0 Å². The molecule has 60 valence electrons. The van der Waals surface area contributed by atoms with E-state index in [1.54, 1.807) is 18.3 Å². The Balaban J connectivity index is 2.60. The van der Waals surface area contributed by atoms with Gasteiger partial charge in [0.1, 0.15) is 11.5 Å². The molecule has 2 rings (SSSR count). The largest absolute Gasteiger partial charge is 0.506 e. The van der Waals surface area contributed by atoms with Crippen molar-refractivity contribution in [3.05, 3.63) is 42.4 Å². The second kappa shape index (κ2) is 2.37. The van der Waals surface area contributed by atoms with E-state index in [-0.39, 0.29) is 5.76 Å². The van der Waals surface area contributed by atoms with Crippen molar-refractivity contribution in [3.8, 4) is 0 Å². The highest BCUT2D eigenvalue weighted by Crippen LogP contribution is 2.25. The number of aromatic nitrogens is 1. The fourth-order valence-corrected chi connectivity index (χ4v) is 1.15. The zero-order chi connectivity index (χ0) is 8.55. The zero-order valence-corrected chi connectivity index (χ0v) is 6.41. The minimum atomic E-state index is 0.161. The number of allylic oxidation sites excluding steroid dienone is 1. The summed E-state index contributed by atoms with van der Waals surface area (Å²) in [7, 11) is 0. The number of pyridine rings is 1. The van der Waals surface area contributed by atoms with Gasteiger partial charge in [0, 0.05) is 18.0 Å². The number of aliphatic hydroxyl groups is 1. The van der Waals surface area contributed by atoms with Crippen molar-refractivity contribution in [2.75, 3.05) is 5.32 Å². The topological polar surface area (TPSA) is 45.2 Å². The molecule has 0 aliphatic carbocycles. The summed E-state index contributed by atoms with van der Waals surface area (Å²) >= 11 is 0. The van der Waals surface area contributed by atoms with Gasteiger partial charge in [0.25, 0.3) is 0 Å². The van der Waals surface area contributed by atoms with Crippen LogP contribution in [0.4, 0.5) is 5.69 Å². The maximum absolute atomic E-state index is 9.43. The Morgan fingerprint density at radius 1 is 1.50 bits per heavy atom. The van der Waals surface area contributed by atoms with Gasteiger partial charge in [-0.2, -0.15) is 0 Å². The molecule has 0 unspecified atom stereocenters. The van der Waals surface area contributed by atoms with Crippen LogP contribution in [0, 0.1) is 0 Å². The van der Waals surface area contributed by atoms with Crippen molar-refractivity contribution in [1.29, 1.82) is 0 Å². The maximum atomic E-state index is 9.43.